The van der Waals surface area contributed by atoms with Crippen LogP contribution in [0.4, 0.5) is 0 Å². The van der Waals surface area contributed by atoms with Crippen LogP contribution in [-0.4, -0.2) is 22.5 Å². The number of carboxylic acids is 1. The summed E-state index contributed by atoms with van der Waals surface area (Å²) in [6.07, 6.45) is 0.692. The molecule has 5 nitrogen and oxygen atoms in total. The smallest absolute Gasteiger partial charge is 0.358 e. The molecule has 1 heterocycles. The predicted molar refractivity (Wildman–Crippen MR) is 59.0 cm³/mol. The Bertz CT molecular complexity index is 586. The second-order valence-electron chi connectivity index (χ2n) is 3.59. The summed E-state index contributed by atoms with van der Waals surface area (Å²) in [4.78, 5) is 21.5. The Morgan fingerprint density at radius 1 is 1.41 bits per heavy atom. The van der Waals surface area contributed by atoms with Gasteiger partial charge in [0, 0.05) is 17.2 Å². The molecule has 0 aliphatic rings. The van der Waals surface area contributed by atoms with Crippen LogP contribution in [0, 0.1) is 6.92 Å². The molecule has 1 N–H and O–H groups in total. The lowest BCUT2D eigenvalue weighted by Crippen LogP contribution is -1.94. The highest BCUT2D eigenvalue weighted by Gasteiger charge is 2.14. The summed E-state index contributed by atoms with van der Waals surface area (Å²) < 4.78 is 4.92. The number of carboxylic acid groups (broad SMARTS) is 1. The van der Waals surface area contributed by atoms with E-state index in [4.69, 9.17) is 9.63 Å². The normalized spacial score (nSPS) is 10.2. The van der Waals surface area contributed by atoms with Crippen molar-refractivity contribution in [1.82, 2.24) is 5.16 Å². The molecule has 0 radical (unpaired) electrons. The molecule has 0 fully saturated rings. The van der Waals surface area contributed by atoms with E-state index in [2.05, 4.69) is 5.16 Å². The van der Waals surface area contributed by atoms with E-state index in [-0.39, 0.29) is 11.5 Å². The van der Waals surface area contributed by atoms with Gasteiger partial charge in [-0.1, -0.05) is 22.9 Å². The van der Waals surface area contributed by atoms with Gasteiger partial charge in [0.2, 0.25) is 0 Å². The number of carbonyl (C=O) groups is 2. The summed E-state index contributed by atoms with van der Waals surface area (Å²) in [5.74, 6) is -0.895. The zero-order valence-electron chi connectivity index (χ0n) is 9.01. The van der Waals surface area contributed by atoms with Gasteiger partial charge in [-0.15, -0.1) is 0 Å². The second-order valence-corrected chi connectivity index (χ2v) is 3.59. The van der Waals surface area contributed by atoms with Gasteiger partial charge in [0.05, 0.1) is 0 Å². The molecule has 17 heavy (non-hydrogen) atoms. The van der Waals surface area contributed by atoms with Crippen LogP contribution in [0.5, 0.6) is 0 Å². The van der Waals surface area contributed by atoms with Gasteiger partial charge >= 0.3 is 5.97 Å². The first-order chi connectivity index (χ1) is 8.11. The third-order valence-electron chi connectivity index (χ3n) is 2.33. The van der Waals surface area contributed by atoms with E-state index in [1.54, 1.807) is 18.2 Å². The van der Waals surface area contributed by atoms with Crippen LogP contribution in [0.2, 0.25) is 0 Å². The van der Waals surface area contributed by atoms with Crippen molar-refractivity contribution in [2.75, 3.05) is 0 Å². The number of carbonyl (C=O) groups excluding carboxylic acids is 1. The van der Waals surface area contributed by atoms with Crippen LogP contribution >= 0.6 is 0 Å². The van der Waals surface area contributed by atoms with Gasteiger partial charge in [-0.3, -0.25) is 4.79 Å². The number of aryl methyl sites for hydroxylation is 1. The van der Waals surface area contributed by atoms with Gasteiger partial charge in [0.25, 0.3) is 0 Å². The van der Waals surface area contributed by atoms with Gasteiger partial charge in [-0.25, -0.2) is 4.79 Å². The van der Waals surface area contributed by atoms with Crippen LogP contribution in [0.3, 0.4) is 0 Å². The molecular formula is C12H9NO4. The number of benzene rings is 1. The molecule has 5 heteroatoms. The highest BCUT2D eigenvalue weighted by molar-refractivity contribution is 5.89. The van der Waals surface area contributed by atoms with Gasteiger partial charge in [0.1, 0.15) is 0 Å². The van der Waals surface area contributed by atoms with E-state index in [1.807, 2.05) is 6.92 Å². The Kier molecular flexibility index (Phi) is 2.74. The van der Waals surface area contributed by atoms with Crippen molar-refractivity contribution in [1.29, 1.82) is 0 Å². The highest BCUT2D eigenvalue weighted by Crippen LogP contribution is 2.24. The fourth-order valence-corrected chi connectivity index (χ4v) is 1.49. The minimum Gasteiger partial charge on any atom is -0.476 e. The van der Waals surface area contributed by atoms with Gasteiger partial charge in [-0.05, 0) is 13.0 Å². The first-order valence-electron chi connectivity index (χ1n) is 4.88. The Morgan fingerprint density at radius 2 is 2.18 bits per heavy atom. The summed E-state index contributed by atoms with van der Waals surface area (Å²) in [5, 5.41) is 12.1. The molecule has 0 saturated carbocycles. The van der Waals surface area contributed by atoms with Crippen molar-refractivity contribution < 1.29 is 19.2 Å². The third-order valence-corrected chi connectivity index (χ3v) is 2.33. The third kappa shape index (κ3) is 2.08. The quantitative estimate of drug-likeness (QED) is 0.818. The van der Waals surface area contributed by atoms with Gasteiger partial charge < -0.3 is 9.63 Å². The molecular weight excluding hydrogens is 222 g/mol. The van der Waals surface area contributed by atoms with Crippen molar-refractivity contribution in [2.45, 2.75) is 6.92 Å². The Labute approximate surface area is 96.7 Å². The van der Waals surface area contributed by atoms with Gasteiger partial charge in [0.15, 0.2) is 17.7 Å². The van der Waals surface area contributed by atoms with Crippen molar-refractivity contribution in [3.05, 3.63) is 41.1 Å². The molecule has 0 bridgehead atoms. The molecule has 1 aromatic carbocycles. The molecule has 86 valence electrons. The molecule has 0 spiro atoms. The van der Waals surface area contributed by atoms with E-state index in [0.717, 1.165) is 5.56 Å². The van der Waals surface area contributed by atoms with E-state index < -0.39 is 5.97 Å². The lowest BCUT2D eigenvalue weighted by molar-refractivity contribution is 0.0685. The molecule has 2 rings (SSSR count). The number of aromatic carboxylic acids is 1. The second kappa shape index (κ2) is 4.21. The van der Waals surface area contributed by atoms with E-state index in [9.17, 15) is 9.59 Å². The molecule has 0 saturated heterocycles. The lowest BCUT2D eigenvalue weighted by Gasteiger charge is -2.01. The van der Waals surface area contributed by atoms with Crippen LogP contribution in [0.25, 0.3) is 11.3 Å². The fourth-order valence-electron chi connectivity index (χ4n) is 1.49. The zero-order valence-corrected chi connectivity index (χ0v) is 9.01. The highest BCUT2D eigenvalue weighted by atomic mass is 16.5. The zero-order chi connectivity index (χ0) is 12.4. The molecule has 0 amide bonds. The monoisotopic (exact) mass is 231 g/mol. The largest absolute Gasteiger partial charge is 0.476 e. The number of nitrogens with zero attached hydrogens (tertiary/aromatic N) is 1. The first-order valence-corrected chi connectivity index (χ1v) is 4.88. The average Bonchev–Trinajstić information content (AvgIpc) is 2.78. The summed E-state index contributed by atoms with van der Waals surface area (Å²) in [6.45, 7) is 1.87. The van der Waals surface area contributed by atoms with Gasteiger partial charge in [-0.2, -0.15) is 0 Å². The van der Waals surface area contributed by atoms with Crippen LogP contribution in [0.1, 0.15) is 26.4 Å². The maximum Gasteiger partial charge on any atom is 0.358 e. The van der Waals surface area contributed by atoms with Crippen molar-refractivity contribution in [2.24, 2.45) is 0 Å². The van der Waals surface area contributed by atoms with Crippen LogP contribution in [0.15, 0.2) is 28.8 Å². The maximum atomic E-state index is 10.9. The number of rotatable bonds is 3. The minimum atomic E-state index is -1.17. The van der Waals surface area contributed by atoms with E-state index in [1.165, 1.54) is 6.07 Å². The topological polar surface area (TPSA) is 80.4 Å². The molecule has 0 aliphatic heterocycles. The standard InChI is InChI=1S/C12H9NO4/c1-7-2-3-8(6-14)9(4-7)11-5-10(12(15)16)13-17-11/h2-6H,1H3,(H,15,16). The Morgan fingerprint density at radius 3 is 2.76 bits per heavy atom. The lowest BCUT2D eigenvalue weighted by atomic mass is 10.0. The first kappa shape index (κ1) is 11.1. The Balaban J connectivity index is 2.54. The SMILES string of the molecule is Cc1ccc(C=O)c(-c2cc(C(=O)O)no2)c1. The van der Waals surface area contributed by atoms with E-state index in [0.29, 0.717) is 17.4 Å². The summed E-state index contributed by atoms with van der Waals surface area (Å²) in [6, 6.07) is 6.49. The number of hydrogen-bond acceptors (Lipinski definition) is 4. The molecule has 1 aromatic heterocycles. The average molecular weight is 231 g/mol. The summed E-state index contributed by atoms with van der Waals surface area (Å²) >= 11 is 0. The minimum absolute atomic E-state index is 0.182. The van der Waals surface area contributed by atoms with Crippen molar-refractivity contribution in [3.8, 4) is 11.3 Å². The maximum absolute atomic E-state index is 10.9. The number of aldehydes is 1. The van der Waals surface area contributed by atoms with E-state index >= 15 is 0 Å². The number of aromatic nitrogens is 1. The van der Waals surface area contributed by atoms with Crippen molar-refractivity contribution in [3.63, 3.8) is 0 Å². The Hall–Kier alpha value is -2.43. The fraction of sp³-hybridized carbons (Fsp3) is 0.0833. The molecule has 0 atom stereocenters. The molecule has 0 aliphatic carbocycles. The summed E-state index contributed by atoms with van der Waals surface area (Å²) in [7, 11) is 0. The van der Waals surface area contributed by atoms with Crippen molar-refractivity contribution >= 4 is 12.3 Å². The van der Waals surface area contributed by atoms with Crippen LogP contribution in [-0.2, 0) is 0 Å². The van der Waals surface area contributed by atoms with Crippen LogP contribution < -0.4 is 0 Å². The molecule has 2 aromatic rings. The predicted octanol–water partition coefficient (Wildman–Crippen LogP) is 2.16. The summed E-state index contributed by atoms with van der Waals surface area (Å²) in [5.41, 5.74) is 1.74. The number of hydrogen-bond donors (Lipinski definition) is 1. The molecule has 0 unspecified atom stereocenters.